The van der Waals surface area contributed by atoms with Crippen molar-refractivity contribution < 1.29 is 18.7 Å². The molecule has 0 radical (unpaired) electrons. The van der Waals surface area contributed by atoms with Gasteiger partial charge in [0.05, 0.1) is 12.4 Å². The fourth-order valence-electron chi connectivity index (χ4n) is 3.38. The molecule has 7 nitrogen and oxygen atoms in total. The van der Waals surface area contributed by atoms with Gasteiger partial charge < -0.3 is 23.8 Å². The minimum atomic E-state index is -0.263. The van der Waals surface area contributed by atoms with E-state index < -0.39 is 0 Å². The topological polar surface area (TPSA) is 78.5 Å². The fraction of sp³-hybridized carbons (Fsp3) is 0.364. The average molecular weight is 428 g/mol. The highest BCUT2D eigenvalue weighted by molar-refractivity contribution is 7.98. The van der Waals surface area contributed by atoms with Crippen molar-refractivity contribution in [2.24, 2.45) is 7.05 Å². The third-order valence-electron chi connectivity index (χ3n) is 4.82. The number of fused-ring (bicyclic) bond motifs is 1. The number of carbonyl (C=O) groups excluding carboxylic acids is 1. The summed E-state index contributed by atoms with van der Waals surface area (Å²) in [5, 5.41) is 3.81. The largest absolute Gasteiger partial charge is 0.494 e. The molecule has 2 aromatic heterocycles. The number of nitrogens with zero attached hydrogens (tertiary/aromatic N) is 2. The second-order valence-corrected chi connectivity index (χ2v) is 8.13. The number of ether oxygens (including phenoxy) is 2. The van der Waals surface area contributed by atoms with E-state index in [0.717, 1.165) is 40.0 Å². The van der Waals surface area contributed by atoms with Gasteiger partial charge in [0.25, 0.3) is 5.91 Å². The SMILES string of the molecule is CCOc1cc2c(cc1CNC(=O)c1ccc(CSc3nccn3C)o1)O[C@H](C)C2. The first-order valence-electron chi connectivity index (χ1n) is 9.95. The van der Waals surface area contributed by atoms with Gasteiger partial charge in [0.1, 0.15) is 23.4 Å². The van der Waals surface area contributed by atoms with E-state index in [1.54, 1.807) is 24.0 Å². The fourth-order valence-corrected chi connectivity index (χ4v) is 4.20. The molecule has 0 saturated heterocycles. The van der Waals surface area contributed by atoms with Crippen LogP contribution in [0, 0.1) is 0 Å². The number of benzene rings is 1. The number of nitrogens with one attached hydrogen (secondary N) is 1. The lowest BCUT2D eigenvalue weighted by atomic mass is 10.1. The molecule has 3 heterocycles. The van der Waals surface area contributed by atoms with E-state index in [-0.39, 0.29) is 17.8 Å². The Hall–Kier alpha value is -2.87. The van der Waals surface area contributed by atoms with E-state index in [4.69, 9.17) is 13.9 Å². The van der Waals surface area contributed by atoms with Gasteiger partial charge in [0, 0.05) is 43.5 Å². The van der Waals surface area contributed by atoms with Gasteiger partial charge in [0.15, 0.2) is 10.9 Å². The second kappa shape index (κ2) is 8.87. The molecular weight excluding hydrogens is 402 g/mol. The summed E-state index contributed by atoms with van der Waals surface area (Å²) in [7, 11) is 1.94. The minimum Gasteiger partial charge on any atom is -0.494 e. The third-order valence-corrected chi connectivity index (χ3v) is 5.90. The number of rotatable bonds is 8. The normalized spacial score (nSPS) is 15.0. The van der Waals surface area contributed by atoms with Crippen LogP contribution in [0.4, 0.5) is 0 Å². The molecule has 0 fully saturated rings. The number of aryl methyl sites for hydroxylation is 1. The van der Waals surface area contributed by atoms with Crippen LogP contribution < -0.4 is 14.8 Å². The lowest BCUT2D eigenvalue weighted by Crippen LogP contribution is -2.22. The zero-order valence-corrected chi connectivity index (χ0v) is 18.1. The van der Waals surface area contributed by atoms with E-state index in [1.165, 1.54) is 0 Å². The number of thioether (sulfide) groups is 1. The summed E-state index contributed by atoms with van der Waals surface area (Å²) in [6, 6.07) is 7.49. The first kappa shape index (κ1) is 20.4. The molecule has 0 aliphatic carbocycles. The van der Waals surface area contributed by atoms with Crippen molar-refractivity contribution in [3.63, 3.8) is 0 Å². The Morgan fingerprint density at radius 1 is 1.40 bits per heavy atom. The highest BCUT2D eigenvalue weighted by Crippen LogP contribution is 2.35. The van der Waals surface area contributed by atoms with Gasteiger partial charge in [-0.2, -0.15) is 0 Å². The summed E-state index contributed by atoms with van der Waals surface area (Å²) in [6.07, 6.45) is 4.67. The van der Waals surface area contributed by atoms with Crippen molar-refractivity contribution in [3.05, 3.63) is 59.3 Å². The van der Waals surface area contributed by atoms with Gasteiger partial charge in [-0.15, -0.1) is 0 Å². The van der Waals surface area contributed by atoms with Crippen LogP contribution >= 0.6 is 11.8 Å². The highest BCUT2D eigenvalue weighted by Gasteiger charge is 2.22. The highest BCUT2D eigenvalue weighted by atomic mass is 32.2. The summed E-state index contributed by atoms with van der Waals surface area (Å²) in [6.45, 7) is 4.88. The molecule has 158 valence electrons. The second-order valence-electron chi connectivity index (χ2n) is 7.19. The summed E-state index contributed by atoms with van der Waals surface area (Å²) in [5.74, 6) is 2.99. The lowest BCUT2D eigenvalue weighted by Gasteiger charge is -2.13. The van der Waals surface area contributed by atoms with Gasteiger partial charge in [0.2, 0.25) is 0 Å². The Morgan fingerprint density at radius 2 is 2.27 bits per heavy atom. The Bertz CT molecular complexity index is 1040. The maximum Gasteiger partial charge on any atom is 0.287 e. The minimum absolute atomic E-state index is 0.157. The maximum atomic E-state index is 12.6. The quantitative estimate of drug-likeness (QED) is 0.548. The lowest BCUT2D eigenvalue weighted by molar-refractivity contribution is 0.0921. The predicted molar refractivity (Wildman–Crippen MR) is 114 cm³/mol. The molecule has 3 aromatic rings. The molecular formula is C22H25N3O4S. The van der Waals surface area contributed by atoms with Gasteiger partial charge in [-0.1, -0.05) is 11.8 Å². The number of hydrogen-bond donors (Lipinski definition) is 1. The van der Waals surface area contributed by atoms with Crippen LogP contribution in [0.5, 0.6) is 11.5 Å². The van der Waals surface area contributed by atoms with Crippen molar-refractivity contribution in [3.8, 4) is 11.5 Å². The van der Waals surface area contributed by atoms with Crippen molar-refractivity contribution in [2.75, 3.05) is 6.61 Å². The van der Waals surface area contributed by atoms with Crippen molar-refractivity contribution in [1.29, 1.82) is 0 Å². The van der Waals surface area contributed by atoms with Crippen LogP contribution in [-0.2, 0) is 25.8 Å². The zero-order chi connectivity index (χ0) is 21.1. The van der Waals surface area contributed by atoms with Gasteiger partial charge >= 0.3 is 0 Å². The first-order chi connectivity index (χ1) is 14.5. The molecule has 8 heteroatoms. The van der Waals surface area contributed by atoms with Gasteiger partial charge in [-0.3, -0.25) is 4.79 Å². The van der Waals surface area contributed by atoms with Gasteiger partial charge in [-0.05, 0) is 38.1 Å². The van der Waals surface area contributed by atoms with Crippen LogP contribution in [0.1, 0.15) is 41.3 Å². The first-order valence-corrected chi connectivity index (χ1v) is 10.9. The number of hydrogen-bond acceptors (Lipinski definition) is 6. The Morgan fingerprint density at radius 3 is 3.03 bits per heavy atom. The molecule has 1 amide bonds. The van der Waals surface area contributed by atoms with Crippen LogP contribution in [0.2, 0.25) is 0 Å². The smallest absolute Gasteiger partial charge is 0.287 e. The molecule has 1 aliphatic rings. The number of carbonyl (C=O) groups is 1. The van der Waals surface area contributed by atoms with E-state index in [1.807, 2.05) is 49.9 Å². The van der Waals surface area contributed by atoms with Gasteiger partial charge in [-0.25, -0.2) is 4.98 Å². The molecule has 4 rings (SSSR count). The number of aromatic nitrogens is 2. The average Bonchev–Trinajstić information content (AvgIpc) is 3.43. The molecule has 0 spiro atoms. The molecule has 1 atom stereocenters. The summed E-state index contributed by atoms with van der Waals surface area (Å²) < 4.78 is 19.3. The Balaban J connectivity index is 1.38. The van der Waals surface area contributed by atoms with Crippen molar-refractivity contribution >= 4 is 17.7 Å². The molecule has 30 heavy (non-hydrogen) atoms. The maximum absolute atomic E-state index is 12.6. The standard InChI is InChI=1S/C22H25N3O4S/c1-4-27-19-10-15-9-14(2)28-20(15)11-16(19)12-24-21(26)18-6-5-17(29-18)13-30-22-23-7-8-25(22)3/h5-8,10-11,14H,4,9,12-13H2,1-3H3,(H,24,26)/t14-/m1/s1. The zero-order valence-electron chi connectivity index (χ0n) is 17.3. The molecule has 0 unspecified atom stereocenters. The van der Waals surface area contributed by atoms with Crippen LogP contribution in [0.3, 0.4) is 0 Å². The number of imidazole rings is 1. The molecule has 0 bridgehead atoms. The van der Waals surface area contributed by atoms with Crippen molar-refractivity contribution in [1.82, 2.24) is 14.9 Å². The van der Waals surface area contributed by atoms with E-state index in [9.17, 15) is 4.79 Å². The summed E-state index contributed by atoms with van der Waals surface area (Å²) in [5.41, 5.74) is 2.03. The number of amides is 1. The predicted octanol–water partition coefficient (Wildman–Crippen LogP) is 3.96. The monoisotopic (exact) mass is 427 g/mol. The van der Waals surface area contributed by atoms with Crippen molar-refractivity contribution in [2.45, 2.75) is 43.8 Å². The molecule has 1 aromatic carbocycles. The summed E-state index contributed by atoms with van der Waals surface area (Å²) >= 11 is 1.56. The van der Waals surface area contributed by atoms with Crippen LogP contribution in [0.25, 0.3) is 0 Å². The molecule has 1 aliphatic heterocycles. The Kier molecular flexibility index (Phi) is 6.03. The third kappa shape index (κ3) is 4.48. The Labute approximate surface area is 179 Å². The van der Waals surface area contributed by atoms with E-state index >= 15 is 0 Å². The molecule has 0 saturated carbocycles. The van der Waals surface area contributed by atoms with Crippen LogP contribution in [0.15, 0.2) is 46.2 Å². The van der Waals surface area contributed by atoms with Crippen LogP contribution in [-0.4, -0.2) is 28.2 Å². The molecule has 1 N–H and O–H groups in total. The van der Waals surface area contributed by atoms with E-state index in [0.29, 0.717) is 18.9 Å². The number of furan rings is 1. The van der Waals surface area contributed by atoms with E-state index in [2.05, 4.69) is 10.3 Å². The summed E-state index contributed by atoms with van der Waals surface area (Å²) in [4.78, 5) is 16.8.